The Morgan fingerprint density at radius 3 is 2.64 bits per heavy atom. The quantitative estimate of drug-likeness (QED) is 0.213. The van der Waals surface area contributed by atoms with Crippen LogP contribution in [-0.4, -0.2) is 16.0 Å². The van der Waals surface area contributed by atoms with Crippen molar-refractivity contribution >= 4 is 84.6 Å². The lowest BCUT2D eigenvalue weighted by Crippen LogP contribution is -2.33. The van der Waals surface area contributed by atoms with Gasteiger partial charge < -0.3 is 9.73 Å². The van der Waals surface area contributed by atoms with E-state index in [1.807, 2.05) is 30.3 Å². The van der Waals surface area contributed by atoms with Gasteiger partial charge in [-0.15, -0.1) is 11.3 Å². The van der Waals surface area contributed by atoms with Gasteiger partial charge in [-0.1, -0.05) is 49.2 Å². The number of rotatable bonds is 5. The molecule has 5 nitrogen and oxygen atoms in total. The monoisotopic (exact) mass is 553 g/mol. The number of nitrogens with one attached hydrogen (secondary N) is 2. The molecule has 0 aliphatic heterocycles. The molecule has 0 fully saturated rings. The van der Waals surface area contributed by atoms with E-state index in [-0.39, 0.29) is 11.0 Å². The van der Waals surface area contributed by atoms with Gasteiger partial charge in [-0.05, 0) is 78.7 Å². The lowest BCUT2D eigenvalue weighted by Gasteiger charge is -2.09. The largest absolute Gasteiger partial charge is 0.436 e. The van der Waals surface area contributed by atoms with E-state index >= 15 is 0 Å². The number of hydrogen-bond acceptors (Lipinski definition) is 5. The molecule has 0 bridgehead atoms. The van der Waals surface area contributed by atoms with Crippen LogP contribution in [0.25, 0.3) is 32.6 Å². The molecule has 0 aliphatic rings. The fourth-order valence-corrected chi connectivity index (χ4v) is 5.71. The van der Waals surface area contributed by atoms with Crippen molar-refractivity contribution in [3.8, 4) is 11.5 Å². The number of anilines is 1. The predicted octanol–water partition coefficient (Wildman–Crippen LogP) is 8.66. The summed E-state index contributed by atoms with van der Waals surface area (Å²) in [4.78, 5) is 17.8. The molecule has 0 saturated carbocycles. The van der Waals surface area contributed by atoms with Crippen molar-refractivity contribution in [2.45, 2.75) is 26.2 Å². The van der Waals surface area contributed by atoms with Crippen molar-refractivity contribution in [2.24, 2.45) is 0 Å². The van der Waals surface area contributed by atoms with Crippen molar-refractivity contribution in [3.63, 3.8) is 0 Å². The molecule has 2 aromatic heterocycles. The number of oxazole rings is 1. The first-order valence-corrected chi connectivity index (χ1v) is 13.3. The van der Waals surface area contributed by atoms with Gasteiger partial charge in [-0.25, -0.2) is 4.98 Å². The van der Waals surface area contributed by atoms with Gasteiger partial charge >= 0.3 is 0 Å². The molecule has 0 spiro atoms. The number of thiocarbonyl (C=S) groups is 1. The van der Waals surface area contributed by atoms with Crippen LogP contribution in [-0.2, 0) is 0 Å². The van der Waals surface area contributed by atoms with E-state index < -0.39 is 0 Å². The molecule has 0 aliphatic carbocycles. The van der Waals surface area contributed by atoms with Gasteiger partial charge in [0.25, 0.3) is 5.91 Å². The summed E-state index contributed by atoms with van der Waals surface area (Å²) < 4.78 is 6.79. The van der Waals surface area contributed by atoms with Crippen LogP contribution in [0.3, 0.4) is 0 Å². The number of thiophene rings is 1. The molecule has 36 heavy (non-hydrogen) atoms. The summed E-state index contributed by atoms with van der Waals surface area (Å²) in [6, 6.07) is 19.0. The van der Waals surface area contributed by atoms with Gasteiger partial charge in [0.15, 0.2) is 10.7 Å². The zero-order valence-corrected chi connectivity index (χ0v) is 22.5. The Kier molecular flexibility index (Phi) is 6.99. The molecular weight excluding hydrogens is 533 g/mol. The molecule has 9 heteroatoms. The third kappa shape index (κ3) is 4.97. The average Bonchev–Trinajstić information content (AvgIpc) is 3.44. The van der Waals surface area contributed by atoms with Gasteiger partial charge in [0.1, 0.15) is 10.4 Å². The van der Waals surface area contributed by atoms with E-state index in [9.17, 15) is 4.79 Å². The van der Waals surface area contributed by atoms with Gasteiger partial charge in [-0.3, -0.25) is 10.1 Å². The maximum absolute atomic E-state index is 12.8. The van der Waals surface area contributed by atoms with Crippen LogP contribution in [0.5, 0.6) is 0 Å². The van der Waals surface area contributed by atoms with Crippen molar-refractivity contribution in [1.82, 2.24) is 10.3 Å². The maximum atomic E-state index is 12.8. The van der Waals surface area contributed by atoms with E-state index in [2.05, 4.69) is 41.6 Å². The van der Waals surface area contributed by atoms with Crippen molar-refractivity contribution in [3.05, 3.63) is 81.1 Å². The zero-order chi connectivity index (χ0) is 25.4. The third-order valence-electron chi connectivity index (χ3n) is 6.01. The Hall–Kier alpha value is -2.97. The van der Waals surface area contributed by atoms with Crippen LogP contribution in [0.15, 0.2) is 65.1 Å². The summed E-state index contributed by atoms with van der Waals surface area (Å²) in [5.41, 5.74) is 4.41. The van der Waals surface area contributed by atoms with Crippen LogP contribution in [0.1, 0.15) is 41.4 Å². The lowest BCUT2D eigenvalue weighted by atomic mass is 9.98. The number of hydrogen-bond donors (Lipinski definition) is 2. The van der Waals surface area contributed by atoms with Gasteiger partial charge in [0.05, 0.1) is 5.02 Å². The predicted molar refractivity (Wildman–Crippen MR) is 154 cm³/mol. The summed E-state index contributed by atoms with van der Waals surface area (Å²) in [6.45, 7) is 4.37. The van der Waals surface area contributed by atoms with Crippen LogP contribution in [0.4, 0.5) is 5.69 Å². The minimum atomic E-state index is -0.380. The molecule has 5 rings (SSSR count). The highest BCUT2D eigenvalue weighted by molar-refractivity contribution is 7.80. The van der Waals surface area contributed by atoms with Crippen molar-refractivity contribution in [1.29, 1.82) is 0 Å². The normalized spacial score (nSPS) is 12.1. The van der Waals surface area contributed by atoms with E-state index in [0.717, 1.165) is 33.2 Å². The lowest BCUT2D eigenvalue weighted by molar-refractivity contribution is 0.0982. The number of carbonyl (C=O) groups is 1. The topological polar surface area (TPSA) is 67.2 Å². The smallest absolute Gasteiger partial charge is 0.269 e. The second-order valence-corrected chi connectivity index (χ2v) is 10.7. The van der Waals surface area contributed by atoms with Crippen LogP contribution in [0, 0.1) is 0 Å². The fraction of sp³-hybridized carbons (Fsp3) is 0.148. The molecule has 2 heterocycles. The summed E-state index contributed by atoms with van der Waals surface area (Å²) in [6.07, 6.45) is 1.07. The first-order valence-electron chi connectivity index (χ1n) is 11.3. The van der Waals surface area contributed by atoms with E-state index in [4.69, 9.17) is 39.8 Å². The highest BCUT2D eigenvalue weighted by atomic mass is 35.5. The number of carbonyl (C=O) groups excluding carboxylic acids is 1. The Bertz CT molecular complexity index is 1610. The number of nitrogens with zero attached hydrogens (tertiary/aromatic N) is 1. The first-order chi connectivity index (χ1) is 17.3. The Labute approximate surface area is 227 Å². The van der Waals surface area contributed by atoms with Crippen molar-refractivity contribution in [2.75, 3.05) is 5.32 Å². The first kappa shape index (κ1) is 24.7. The van der Waals surface area contributed by atoms with Crippen LogP contribution in [0.2, 0.25) is 10.0 Å². The van der Waals surface area contributed by atoms with Crippen LogP contribution >= 0.6 is 46.8 Å². The highest BCUT2D eigenvalue weighted by Gasteiger charge is 2.18. The fourth-order valence-electron chi connectivity index (χ4n) is 3.81. The number of fused-ring (bicyclic) bond motifs is 2. The second-order valence-electron chi connectivity index (χ2n) is 8.43. The van der Waals surface area contributed by atoms with E-state index in [0.29, 0.717) is 32.4 Å². The number of aromatic nitrogens is 1. The minimum absolute atomic E-state index is 0.166. The summed E-state index contributed by atoms with van der Waals surface area (Å²) in [5, 5.41) is 7.62. The zero-order valence-electron chi connectivity index (χ0n) is 19.4. The Morgan fingerprint density at radius 2 is 1.89 bits per heavy atom. The van der Waals surface area contributed by atoms with Gasteiger partial charge in [0, 0.05) is 26.4 Å². The molecule has 5 aromatic rings. The Morgan fingerprint density at radius 1 is 1.11 bits per heavy atom. The molecule has 1 atom stereocenters. The van der Waals surface area contributed by atoms with Crippen LogP contribution < -0.4 is 10.6 Å². The Balaban J connectivity index is 1.27. The van der Waals surface area contributed by atoms with Crippen molar-refractivity contribution < 1.29 is 9.21 Å². The summed E-state index contributed by atoms with van der Waals surface area (Å²) >= 11 is 19.1. The maximum Gasteiger partial charge on any atom is 0.269 e. The standard InChI is InChI=1S/C27H21Cl2N3O2S2/c1-3-14(2)16-6-11-21-20(12-16)31-26(34-21)15-4-8-18(9-5-15)30-27(35)32-25(33)24-23(29)19-10-7-17(28)13-22(19)36-24/h4-14H,3H2,1-2H3,(H2,30,32,33,35)/t14-/m0/s1. The molecule has 182 valence electrons. The van der Waals surface area contributed by atoms with Gasteiger partial charge in [-0.2, -0.15) is 0 Å². The molecule has 1 amide bonds. The number of amides is 1. The molecule has 3 aromatic carbocycles. The SMILES string of the molecule is CC[C@H](C)c1ccc2oc(-c3ccc(NC(=S)NC(=O)c4sc5cc(Cl)ccc5c4Cl)cc3)nc2c1. The molecule has 0 radical (unpaired) electrons. The minimum Gasteiger partial charge on any atom is -0.436 e. The molecule has 2 N–H and O–H groups in total. The number of halogens is 2. The molecular formula is C27H21Cl2N3O2S2. The summed E-state index contributed by atoms with van der Waals surface area (Å²) in [5.74, 6) is 0.639. The van der Waals surface area contributed by atoms with Gasteiger partial charge in [0.2, 0.25) is 5.89 Å². The molecule has 0 unspecified atom stereocenters. The second kappa shape index (κ2) is 10.2. The van der Waals surface area contributed by atoms with E-state index in [1.165, 1.54) is 16.9 Å². The molecule has 0 saturated heterocycles. The third-order valence-corrected chi connectivity index (χ3v) is 8.10. The summed E-state index contributed by atoms with van der Waals surface area (Å²) in [7, 11) is 0. The van der Waals surface area contributed by atoms with E-state index in [1.54, 1.807) is 18.2 Å². The number of benzene rings is 3. The average molecular weight is 555 g/mol. The highest BCUT2D eigenvalue weighted by Crippen LogP contribution is 2.36.